The molecule has 2 aromatic carbocycles. The molecule has 0 bridgehead atoms. The predicted molar refractivity (Wildman–Crippen MR) is 129 cm³/mol. The number of hydrogen-bond acceptors (Lipinski definition) is 2. The van der Waals surface area contributed by atoms with Crippen molar-refractivity contribution in [2.24, 2.45) is 11.8 Å². The van der Waals surface area contributed by atoms with Crippen LogP contribution in [0.5, 0.6) is 0 Å². The Labute approximate surface area is 184 Å². The lowest BCUT2D eigenvalue weighted by molar-refractivity contribution is -0.119. The van der Waals surface area contributed by atoms with Crippen molar-refractivity contribution in [1.29, 1.82) is 0 Å². The average Bonchev–Trinajstić information content (AvgIpc) is 2.76. The van der Waals surface area contributed by atoms with Gasteiger partial charge in [0.05, 0.1) is 6.10 Å². The fraction of sp³-hybridized carbons (Fsp3) is 0.536. The normalized spacial score (nSPS) is 14.0. The maximum absolute atomic E-state index is 11.7. The van der Waals surface area contributed by atoms with Gasteiger partial charge in [-0.25, -0.2) is 0 Å². The van der Waals surface area contributed by atoms with Crippen LogP contribution < -0.4 is 0 Å². The van der Waals surface area contributed by atoms with Crippen LogP contribution in [0.3, 0.4) is 0 Å². The van der Waals surface area contributed by atoms with Crippen molar-refractivity contribution in [3.8, 4) is 0 Å². The lowest BCUT2D eigenvalue weighted by Crippen LogP contribution is -2.22. The monoisotopic (exact) mass is 410 g/mol. The summed E-state index contributed by atoms with van der Waals surface area (Å²) < 4.78 is 0. The SMILES string of the molecule is CCC(CC)[C@@H](c1ccccc1)C(C)O.CCC(CC)[C@H](C(C)=O)c1ccccc1. The van der Waals surface area contributed by atoms with E-state index in [0.717, 1.165) is 25.7 Å². The van der Waals surface area contributed by atoms with E-state index in [1.807, 2.05) is 43.3 Å². The lowest BCUT2D eigenvalue weighted by Gasteiger charge is -2.28. The minimum atomic E-state index is -0.266. The zero-order valence-corrected chi connectivity index (χ0v) is 19.8. The van der Waals surface area contributed by atoms with Crippen molar-refractivity contribution in [3.63, 3.8) is 0 Å². The molecule has 0 aromatic heterocycles. The van der Waals surface area contributed by atoms with Crippen LogP contribution in [0, 0.1) is 11.8 Å². The van der Waals surface area contributed by atoms with Gasteiger partial charge < -0.3 is 5.11 Å². The van der Waals surface area contributed by atoms with Gasteiger partial charge >= 0.3 is 0 Å². The van der Waals surface area contributed by atoms with Gasteiger partial charge in [-0.3, -0.25) is 4.79 Å². The van der Waals surface area contributed by atoms with E-state index in [1.54, 1.807) is 6.92 Å². The first-order chi connectivity index (χ1) is 14.4. The van der Waals surface area contributed by atoms with Crippen molar-refractivity contribution in [3.05, 3.63) is 71.8 Å². The molecule has 0 amide bonds. The summed E-state index contributed by atoms with van der Waals surface area (Å²) in [5.41, 5.74) is 2.43. The first-order valence-electron chi connectivity index (χ1n) is 11.7. The van der Waals surface area contributed by atoms with Crippen molar-refractivity contribution in [2.45, 2.75) is 85.2 Å². The highest BCUT2D eigenvalue weighted by Gasteiger charge is 2.25. The van der Waals surface area contributed by atoms with Crippen LogP contribution in [0.2, 0.25) is 0 Å². The molecular formula is C28H42O2. The molecule has 3 atom stereocenters. The summed E-state index contributed by atoms with van der Waals surface area (Å²) in [5.74, 6) is 1.70. The van der Waals surface area contributed by atoms with Crippen LogP contribution >= 0.6 is 0 Å². The molecule has 0 fully saturated rings. The zero-order valence-electron chi connectivity index (χ0n) is 19.8. The van der Waals surface area contributed by atoms with Gasteiger partial charge in [0.25, 0.3) is 0 Å². The molecule has 0 saturated carbocycles. The molecule has 0 saturated heterocycles. The zero-order chi connectivity index (χ0) is 22.5. The molecule has 0 spiro atoms. The summed E-state index contributed by atoms with van der Waals surface area (Å²) in [6.07, 6.45) is 4.12. The minimum absolute atomic E-state index is 0.0844. The highest BCUT2D eigenvalue weighted by molar-refractivity contribution is 5.83. The van der Waals surface area contributed by atoms with Crippen LogP contribution in [0.1, 0.15) is 90.2 Å². The highest BCUT2D eigenvalue weighted by atomic mass is 16.3. The van der Waals surface area contributed by atoms with Gasteiger partial charge in [-0.1, -0.05) is 114 Å². The van der Waals surface area contributed by atoms with Gasteiger partial charge in [-0.15, -0.1) is 0 Å². The summed E-state index contributed by atoms with van der Waals surface area (Å²) in [4.78, 5) is 11.7. The average molecular weight is 411 g/mol. The molecule has 166 valence electrons. The second-order valence-electron chi connectivity index (χ2n) is 8.33. The molecule has 0 heterocycles. The fourth-order valence-corrected chi connectivity index (χ4v) is 4.68. The molecule has 0 radical (unpaired) electrons. The lowest BCUT2D eigenvalue weighted by atomic mass is 9.79. The Morgan fingerprint density at radius 2 is 1.13 bits per heavy atom. The summed E-state index contributed by atoms with van der Waals surface area (Å²) in [5, 5.41) is 9.90. The number of Topliss-reactive ketones (excluding diaryl/α,β-unsaturated/α-hetero) is 1. The van der Waals surface area contributed by atoms with Gasteiger partial charge in [0.15, 0.2) is 0 Å². The van der Waals surface area contributed by atoms with Gasteiger partial charge in [0, 0.05) is 11.8 Å². The van der Waals surface area contributed by atoms with E-state index in [1.165, 1.54) is 11.1 Å². The standard InChI is InChI=1S/C14H22O.C14H20O/c2*1-4-12(5-2)14(11(3)15)13-9-7-6-8-10-13/h6-12,14-15H,4-5H2,1-3H3;6-10,12,14H,4-5H2,1-3H3/t11?,14-;14-/m00/s1. The number of carbonyl (C=O) groups excluding carboxylic acids is 1. The molecule has 2 heteroatoms. The van der Waals surface area contributed by atoms with Crippen LogP contribution in [-0.2, 0) is 4.79 Å². The molecular weight excluding hydrogens is 368 g/mol. The van der Waals surface area contributed by atoms with Crippen molar-refractivity contribution >= 4 is 5.78 Å². The first kappa shape index (κ1) is 26.1. The first-order valence-corrected chi connectivity index (χ1v) is 11.7. The van der Waals surface area contributed by atoms with Gasteiger partial charge in [-0.05, 0) is 36.8 Å². The summed E-state index contributed by atoms with van der Waals surface area (Å²) in [6.45, 7) is 12.3. The van der Waals surface area contributed by atoms with E-state index in [2.05, 4.69) is 52.0 Å². The summed E-state index contributed by atoms with van der Waals surface area (Å²) >= 11 is 0. The number of ketones is 1. The molecule has 0 aliphatic carbocycles. The number of hydrogen-bond donors (Lipinski definition) is 1. The third-order valence-electron chi connectivity index (χ3n) is 6.38. The van der Waals surface area contributed by atoms with E-state index in [4.69, 9.17) is 0 Å². The summed E-state index contributed by atoms with van der Waals surface area (Å²) in [6, 6.07) is 20.5. The number of rotatable bonds is 10. The topological polar surface area (TPSA) is 37.3 Å². The Morgan fingerprint density at radius 1 is 0.733 bits per heavy atom. The van der Waals surface area contributed by atoms with E-state index in [0.29, 0.717) is 11.8 Å². The third kappa shape index (κ3) is 7.72. The summed E-state index contributed by atoms with van der Waals surface area (Å²) in [7, 11) is 0. The number of benzene rings is 2. The van der Waals surface area contributed by atoms with E-state index in [-0.39, 0.29) is 23.7 Å². The minimum Gasteiger partial charge on any atom is -0.393 e. The maximum Gasteiger partial charge on any atom is 0.137 e. The number of aliphatic hydroxyl groups excluding tert-OH is 1. The quantitative estimate of drug-likeness (QED) is 0.443. The molecule has 2 nitrogen and oxygen atoms in total. The Balaban J connectivity index is 0.000000300. The number of aliphatic hydroxyl groups is 1. The third-order valence-corrected chi connectivity index (χ3v) is 6.38. The molecule has 0 aliphatic rings. The maximum atomic E-state index is 11.7. The Hall–Kier alpha value is -1.93. The van der Waals surface area contributed by atoms with Crippen LogP contribution in [0.25, 0.3) is 0 Å². The molecule has 2 aromatic rings. The molecule has 2 rings (SSSR count). The van der Waals surface area contributed by atoms with E-state index >= 15 is 0 Å². The van der Waals surface area contributed by atoms with Crippen LogP contribution in [0.4, 0.5) is 0 Å². The molecule has 30 heavy (non-hydrogen) atoms. The smallest absolute Gasteiger partial charge is 0.137 e. The second kappa shape index (κ2) is 14.1. The molecule has 1 unspecified atom stereocenters. The van der Waals surface area contributed by atoms with Crippen LogP contribution in [0.15, 0.2) is 60.7 Å². The molecule has 1 N–H and O–H groups in total. The van der Waals surface area contributed by atoms with Crippen LogP contribution in [-0.4, -0.2) is 17.0 Å². The van der Waals surface area contributed by atoms with Gasteiger partial charge in [-0.2, -0.15) is 0 Å². The second-order valence-corrected chi connectivity index (χ2v) is 8.33. The van der Waals surface area contributed by atoms with Crippen molar-refractivity contribution < 1.29 is 9.90 Å². The predicted octanol–water partition coefficient (Wildman–Crippen LogP) is 7.38. The molecule has 0 aliphatic heterocycles. The highest BCUT2D eigenvalue weighted by Crippen LogP contribution is 2.32. The van der Waals surface area contributed by atoms with Crippen molar-refractivity contribution in [1.82, 2.24) is 0 Å². The van der Waals surface area contributed by atoms with E-state index < -0.39 is 0 Å². The van der Waals surface area contributed by atoms with E-state index in [9.17, 15) is 9.90 Å². The van der Waals surface area contributed by atoms with Gasteiger partial charge in [0.1, 0.15) is 5.78 Å². The largest absolute Gasteiger partial charge is 0.393 e. The number of carbonyl (C=O) groups is 1. The fourth-order valence-electron chi connectivity index (χ4n) is 4.68. The van der Waals surface area contributed by atoms with Gasteiger partial charge in [0.2, 0.25) is 0 Å². The van der Waals surface area contributed by atoms with Crippen molar-refractivity contribution in [2.75, 3.05) is 0 Å². The Kier molecular flexibility index (Phi) is 12.3. The Bertz CT molecular complexity index is 685. The Morgan fingerprint density at radius 3 is 1.47 bits per heavy atom.